The van der Waals surface area contributed by atoms with Crippen molar-refractivity contribution in [1.29, 1.82) is 0 Å². The van der Waals surface area contributed by atoms with Gasteiger partial charge in [-0.05, 0) is 31.9 Å². The minimum atomic E-state index is 0.224. The van der Waals surface area contributed by atoms with Gasteiger partial charge < -0.3 is 10.0 Å². The van der Waals surface area contributed by atoms with Crippen LogP contribution in [-0.4, -0.2) is 46.6 Å². The molecule has 0 bridgehead atoms. The summed E-state index contributed by atoms with van der Waals surface area (Å²) >= 11 is 1.64. The molecule has 0 atom stereocenters. The van der Waals surface area contributed by atoms with E-state index in [1.807, 2.05) is 0 Å². The molecule has 100 valence electrons. The number of carbonyl (C=O) groups excluding carboxylic acids is 1. The second-order valence-corrected chi connectivity index (χ2v) is 5.71. The molecule has 3 nitrogen and oxygen atoms in total. The van der Waals surface area contributed by atoms with Crippen LogP contribution in [-0.2, 0) is 4.79 Å². The Kier molecular flexibility index (Phi) is 7.69. The van der Waals surface area contributed by atoms with E-state index in [1.54, 1.807) is 11.8 Å². The molecule has 1 N–H and O–H groups in total. The van der Waals surface area contributed by atoms with Gasteiger partial charge in [-0.1, -0.05) is 19.3 Å². The summed E-state index contributed by atoms with van der Waals surface area (Å²) in [7, 11) is 0. The third-order valence-electron chi connectivity index (χ3n) is 3.35. The number of aliphatic hydroxyl groups excluding tert-OH is 1. The lowest BCUT2D eigenvalue weighted by Gasteiger charge is -2.33. The number of nitrogens with zero attached hydrogens (tertiary/aromatic N) is 1. The molecule has 1 amide bonds. The van der Waals surface area contributed by atoms with Gasteiger partial charge in [0, 0.05) is 19.2 Å². The molecule has 0 aromatic heterocycles. The Hall–Kier alpha value is -0.220. The molecule has 1 aliphatic carbocycles. The largest absolute Gasteiger partial charge is 0.396 e. The normalized spacial score (nSPS) is 17.1. The summed E-state index contributed by atoms with van der Waals surface area (Å²) in [6.45, 7) is 3.14. The van der Waals surface area contributed by atoms with Gasteiger partial charge >= 0.3 is 0 Å². The molecule has 0 aliphatic heterocycles. The van der Waals surface area contributed by atoms with Gasteiger partial charge in [-0.25, -0.2) is 0 Å². The minimum Gasteiger partial charge on any atom is -0.396 e. The van der Waals surface area contributed by atoms with E-state index in [9.17, 15) is 4.79 Å². The fourth-order valence-electron chi connectivity index (χ4n) is 2.44. The Labute approximate surface area is 109 Å². The van der Waals surface area contributed by atoms with E-state index in [0.29, 0.717) is 11.8 Å². The Morgan fingerprint density at radius 3 is 2.65 bits per heavy atom. The van der Waals surface area contributed by atoms with Crippen LogP contribution >= 0.6 is 11.8 Å². The van der Waals surface area contributed by atoms with Gasteiger partial charge in [0.1, 0.15) is 0 Å². The first-order valence-electron chi connectivity index (χ1n) is 6.77. The van der Waals surface area contributed by atoms with Gasteiger partial charge in [0.2, 0.25) is 5.91 Å². The van der Waals surface area contributed by atoms with Crippen molar-refractivity contribution in [2.45, 2.75) is 51.5 Å². The van der Waals surface area contributed by atoms with Gasteiger partial charge in [-0.3, -0.25) is 4.79 Å². The molecular formula is C13H25NO2S. The molecule has 0 aromatic rings. The summed E-state index contributed by atoms with van der Waals surface area (Å²) in [6.07, 6.45) is 7.01. The molecule has 0 heterocycles. The smallest absolute Gasteiger partial charge is 0.232 e. The van der Waals surface area contributed by atoms with Crippen LogP contribution < -0.4 is 0 Å². The van der Waals surface area contributed by atoms with E-state index in [1.165, 1.54) is 32.1 Å². The maximum atomic E-state index is 12.1. The average molecular weight is 259 g/mol. The zero-order valence-corrected chi connectivity index (χ0v) is 11.7. The maximum absolute atomic E-state index is 12.1. The van der Waals surface area contributed by atoms with Crippen LogP contribution in [0, 0.1) is 0 Å². The van der Waals surface area contributed by atoms with Gasteiger partial charge in [-0.15, -0.1) is 0 Å². The number of aliphatic hydroxyl groups is 1. The fourth-order valence-corrected chi connectivity index (χ4v) is 3.26. The molecule has 0 unspecified atom stereocenters. The number of rotatable bonds is 7. The second kappa shape index (κ2) is 8.81. The number of carbonyl (C=O) groups is 1. The summed E-state index contributed by atoms with van der Waals surface area (Å²) in [6, 6.07) is 0.486. The lowest BCUT2D eigenvalue weighted by Crippen LogP contribution is -2.42. The van der Waals surface area contributed by atoms with Crippen molar-refractivity contribution < 1.29 is 9.90 Å². The molecule has 17 heavy (non-hydrogen) atoms. The molecule has 0 aromatic carbocycles. The summed E-state index contributed by atoms with van der Waals surface area (Å²) < 4.78 is 0. The predicted molar refractivity (Wildman–Crippen MR) is 73.3 cm³/mol. The highest BCUT2D eigenvalue weighted by Gasteiger charge is 2.23. The first-order valence-corrected chi connectivity index (χ1v) is 7.93. The summed E-state index contributed by atoms with van der Waals surface area (Å²) in [5.74, 6) is 1.73. The van der Waals surface area contributed by atoms with E-state index < -0.39 is 0 Å². The van der Waals surface area contributed by atoms with Gasteiger partial charge in [0.05, 0.1) is 5.75 Å². The molecule has 0 saturated heterocycles. The van der Waals surface area contributed by atoms with Crippen LogP contribution in [0.2, 0.25) is 0 Å². The second-order valence-electron chi connectivity index (χ2n) is 4.60. The van der Waals surface area contributed by atoms with E-state index in [4.69, 9.17) is 5.11 Å². The average Bonchev–Trinajstić information content (AvgIpc) is 2.37. The van der Waals surface area contributed by atoms with Crippen LogP contribution in [0.4, 0.5) is 0 Å². The number of hydrogen-bond donors (Lipinski definition) is 1. The van der Waals surface area contributed by atoms with Crippen LogP contribution in [0.5, 0.6) is 0 Å². The predicted octanol–water partition coefficient (Wildman–Crippen LogP) is 2.28. The highest BCUT2D eigenvalue weighted by atomic mass is 32.2. The lowest BCUT2D eigenvalue weighted by molar-refractivity contribution is -0.131. The van der Waals surface area contributed by atoms with E-state index in [-0.39, 0.29) is 12.5 Å². The molecule has 1 saturated carbocycles. The van der Waals surface area contributed by atoms with Crippen molar-refractivity contribution >= 4 is 17.7 Å². The van der Waals surface area contributed by atoms with Crippen LogP contribution in [0.15, 0.2) is 0 Å². The highest BCUT2D eigenvalue weighted by Crippen LogP contribution is 2.23. The van der Waals surface area contributed by atoms with Crippen LogP contribution in [0.25, 0.3) is 0 Å². The molecule has 1 aliphatic rings. The molecule has 4 heteroatoms. The number of hydrogen-bond acceptors (Lipinski definition) is 3. The molecule has 0 spiro atoms. The van der Waals surface area contributed by atoms with Crippen molar-refractivity contribution in [2.75, 3.05) is 24.7 Å². The molecular weight excluding hydrogens is 234 g/mol. The fraction of sp³-hybridized carbons (Fsp3) is 0.923. The first kappa shape index (κ1) is 14.8. The summed E-state index contributed by atoms with van der Waals surface area (Å²) in [4.78, 5) is 14.1. The number of amides is 1. The summed E-state index contributed by atoms with van der Waals surface area (Å²) in [5, 5.41) is 8.68. The Morgan fingerprint density at radius 1 is 1.35 bits per heavy atom. The van der Waals surface area contributed by atoms with Crippen molar-refractivity contribution in [2.24, 2.45) is 0 Å². The van der Waals surface area contributed by atoms with E-state index in [2.05, 4.69) is 11.8 Å². The first-order chi connectivity index (χ1) is 8.29. The monoisotopic (exact) mass is 259 g/mol. The maximum Gasteiger partial charge on any atom is 0.232 e. The van der Waals surface area contributed by atoms with E-state index >= 15 is 0 Å². The number of thioether (sulfide) groups is 1. The van der Waals surface area contributed by atoms with Gasteiger partial charge in [0.15, 0.2) is 0 Å². The lowest BCUT2D eigenvalue weighted by atomic mass is 9.94. The third-order valence-corrected chi connectivity index (χ3v) is 4.38. The Balaban J connectivity index is 2.29. The Morgan fingerprint density at radius 2 is 2.06 bits per heavy atom. The zero-order chi connectivity index (χ0) is 12.5. The molecule has 1 fully saturated rings. The standard InChI is InChI=1S/C13H25NO2S/c1-2-14(12-7-4-3-5-8-12)13(16)11-17-10-6-9-15/h12,15H,2-11H2,1H3. The quantitative estimate of drug-likeness (QED) is 0.713. The van der Waals surface area contributed by atoms with E-state index in [0.717, 1.165) is 18.7 Å². The third kappa shape index (κ3) is 5.30. The van der Waals surface area contributed by atoms with Crippen molar-refractivity contribution in [1.82, 2.24) is 4.90 Å². The van der Waals surface area contributed by atoms with Crippen LogP contribution in [0.1, 0.15) is 45.4 Å². The van der Waals surface area contributed by atoms with Crippen molar-refractivity contribution in [3.05, 3.63) is 0 Å². The minimum absolute atomic E-state index is 0.224. The van der Waals surface area contributed by atoms with Crippen molar-refractivity contribution in [3.63, 3.8) is 0 Å². The van der Waals surface area contributed by atoms with Gasteiger partial charge in [-0.2, -0.15) is 11.8 Å². The molecule has 0 radical (unpaired) electrons. The van der Waals surface area contributed by atoms with Crippen molar-refractivity contribution in [3.8, 4) is 0 Å². The SMILES string of the molecule is CCN(C(=O)CSCCCO)C1CCCCC1. The van der Waals surface area contributed by atoms with Crippen LogP contribution in [0.3, 0.4) is 0 Å². The zero-order valence-electron chi connectivity index (χ0n) is 10.9. The van der Waals surface area contributed by atoms with Gasteiger partial charge in [0.25, 0.3) is 0 Å². The highest BCUT2D eigenvalue weighted by molar-refractivity contribution is 7.99. The molecule has 1 rings (SSSR count). The Bertz CT molecular complexity index is 217. The summed E-state index contributed by atoms with van der Waals surface area (Å²) in [5.41, 5.74) is 0. The topological polar surface area (TPSA) is 40.5 Å².